The molecule has 0 saturated carbocycles. The van der Waals surface area contributed by atoms with Gasteiger partial charge in [0, 0.05) is 43.6 Å². The molecular weight excluding hydrogens is 588 g/mol. The van der Waals surface area contributed by atoms with Crippen molar-refractivity contribution in [2.75, 3.05) is 44.4 Å². The lowest BCUT2D eigenvalue weighted by atomic mass is 10.0. The number of H-pyrrole nitrogens is 1. The zero-order valence-corrected chi connectivity index (χ0v) is 26.6. The summed E-state index contributed by atoms with van der Waals surface area (Å²) in [6.07, 6.45) is 7.70. The molecule has 12 heteroatoms. The van der Waals surface area contributed by atoms with Crippen molar-refractivity contribution in [1.82, 2.24) is 20.6 Å². The average Bonchev–Trinajstić information content (AvgIpc) is 3.55. The SMILES string of the molecule is CC(C)(C)OC(=O)N[C@@H](Cc1cnc[nH]1)C(=O)OCCOCCNC(=O)/C(C#N)=C/c1ccc2cc(N3CCCCC3)ccc2c1. The van der Waals surface area contributed by atoms with Crippen molar-refractivity contribution in [3.05, 3.63) is 65.8 Å². The van der Waals surface area contributed by atoms with Gasteiger partial charge in [-0.15, -0.1) is 0 Å². The molecule has 0 unspecified atom stereocenters. The van der Waals surface area contributed by atoms with Gasteiger partial charge < -0.3 is 34.7 Å². The van der Waals surface area contributed by atoms with Gasteiger partial charge in [-0.1, -0.05) is 18.2 Å². The molecule has 12 nitrogen and oxygen atoms in total. The van der Waals surface area contributed by atoms with E-state index in [0.717, 1.165) is 29.4 Å². The van der Waals surface area contributed by atoms with Crippen LogP contribution in [0.3, 0.4) is 0 Å². The van der Waals surface area contributed by atoms with Crippen LogP contribution in [0.1, 0.15) is 51.3 Å². The molecule has 1 atom stereocenters. The summed E-state index contributed by atoms with van der Waals surface area (Å²) < 4.78 is 16.0. The Bertz CT molecular complexity index is 1550. The molecule has 0 bridgehead atoms. The first-order valence-corrected chi connectivity index (χ1v) is 15.5. The van der Waals surface area contributed by atoms with Crippen molar-refractivity contribution < 1.29 is 28.6 Å². The number of rotatable bonds is 13. The number of anilines is 1. The van der Waals surface area contributed by atoms with E-state index >= 15 is 0 Å². The molecule has 2 amide bonds. The van der Waals surface area contributed by atoms with Crippen LogP contribution in [0.25, 0.3) is 16.8 Å². The second kappa shape index (κ2) is 16.4. The number of aromatic nitrogens is 2. The van der Waals surface area contributed by atoms with E-state index in [2.05, 4.69) is 43.7 Å². The monoisotopic (exact) mass is 630 g/mol. The lowest BCUT2D eigenvalue weighted by Crippen LogP contribution is -2.45. The summed E-state index contributed by atoms with van der Waals surface area (Å²) in [6, 6.07) is 13.2. The third-order valence-corrected chi connectivity index (χ3v) is 7.20. The zero-order chi connectivity index (χ0) is 32.9. The highest BCUT2D eigenvalue weighted by Gasteiger charge is 2.26. The van der Waals surface area contributed by atoms with E-state index in [1.165, 1.54) is 31.3 Å². The Morgan fingerprint density at radius 1 is 1.07 bits per heavy atom. The van der Waals surface area contributed by atoms with E-state index < -0.39 is 29.6 Å². The minimum Gasteiger partial charge on any atom is -0.462 e. The van der Waals surface area contributed by atoms with Crippen molar-refractivity contribution >= 4 is 40.5 Å². The smallest absolute Gasteiger partial charge is 0.408 e. The first kappa shape index (κ1) is 34.0. The number of hydrogen-bond acceptors (Lipinski definition) is 9. The molecule has 4 rings (SSSR count). The number of esters is 1. The Morgan fingerprint density at radius 3 is 2.54 bits per heavy atom. The van der Waals surface area contributed by atoms with Crippen LogP contribution in [0.15, 0.2) is 54.5 Å². The minimum atomic E-state index is -0.995. The fourth-order valence-electron chi connectivity index (χ4n) is 5.00. The summed E-state index contributed by atoms with van der Waals surface area (Å²) >= 11 is 0. The number of nitriles is 1. The molecule has 1 aromatic heterocycles. The number of benzene rings is 2. The van der Waals surface area contributed by atoms with Gasteiger partial charge in [-0.25, -0.2) is 14.6 Å². The van der Waals surface area contributed by atoms with Crippen molar-refractivity contribution in [3.8, 4) is 6.07 Å². The van der Waals surface area contributed by atoms with Crippen LogP contribution in [0.4, 0.5) is 10.5 Å². The van der Waals surface area contributed by atoms with Crippen LogP contribution in [0, 0.1) is 11.3 Å². The number of piperidine rings is 1. The molecule has 2 aromatic carbocycles. The van der Waals surface area contributed by atoms with Gasteiger partial charge >= 0.3 is 12.1 Å². The number of amides is 2. The van der Waals surface area contributed by atoms with Crippen molar-refractivity contribution in [3.63, 3.8) is 0 Å². The van der Waals surface area contributed by atoms with Gasteiger partial charge in [0.1, 0.15) is 29.9 Å². The number of imidazole rings is 1. The van der Waals surface area contributed by atoms with Crippen molar-refractivity contribution in [2.45, 2.75) is 58.1 Å². The Balaban J connectivity index is 1.20. The topological polar surface area (TPSA) is 159 Å². The summed E-state index contributed by atoms with van der Waals surface area (Å²) in [5.41, 5.74) is 1.87. The Morgan fingerprint density at radius 2 is 1.83 bits per heavy atom. The summed E-state index contributed by atoms with van der Waals surface area (Å²) in [5.74, 6) is -1.16. The molecule has 1 fully saturated rings. The standard InChI is InChI=1S/C34H42N6O6/c1-34(2,3)46-33(43)39-30(20-28-22-36-23-38-28)32(42)45-16-15-44-14-11-37-31(41)27(21-35)18-24-7-8-26-19-29(10-9-25(26)17-24)40-12-5-4-6-13-40/h7-10,17-19,22-23,30H,4-6,11-16,20H2,1-3H3,(H,36,38)(H,37,41)(H,39,43)/b27-18+/t30-/m0/s1. The zero-order valence-electron chi connectivity index (χ0n) is 26.6. The van der Waals surface area contributed by atoms with E-state index in [4.69, 9.17) is 14.2 Å². The molecule has 244 valence electrons. The fourth-order valence-corrected chi connectivity index (χ4v) is 5.00. The predicted molar refractivity (Wildman–Crippen MR) is 174 cm³/mol. The molecule has 46 heavy (non-hydrogen) atoms. The summed E-state index contributed by atoms with van der Waals surface area (Å²) in [6.45, 7) is 7.64. The molecule has 0 spiro atoms. The number of fused-ring (bicyclic) bond motifs is 1. The van der Waals surface area contributed by atoms with Crippen molar-refractivity contribution in [1.29, 1.82) is 5.26 Å². The van der Waals surface area contributed by atoms with Gasteiger partial charge in [-0.2, -0.15) is 5.26 Å². The summed E-state index contributed by atoms with van der Waals surface area (Å²) in [7, 11) is 0. The molecule has 0 radical (unpaired) electrons. The fraction of sp³-hybridized carbons (Fsp3) is 0.441. The van der Waals surface area contributed by atoms with Gasteiger partial charge in [0.15, 0.2) is 0 Å². The van der Waals surface area contributed by atoms with Crippen LogP contribution >= 0.6 is 0 Å². The number of nitrogens with one attached hydrogen (secondary N) is 3. The number of nitrogens with zero attached hydrogens (tertiary/aromatic N) is 3. The molecule has 3 N–H and O–H groups in total. The summed E-state index contributed by atoms with van der Waals surface area (Å²) in [4.78, 5) is 46.8. The maximum absolute atomic E-state index is 12.7. The highest BCUT2D eigenvalue weighted by atomic mass is 16.6. The first-order valence-electron chi connectivity index (χ1n) is 15.5. The Labute approximate surface area is 269 Å². The average molecular weight is 631 g/mol. The quantitative estimate of drug-likeness (QED) is 0.109. The lowest BCUT2D eigenvalue weighted by Gasteiger charge is -2.29. The molecule has 0 aliphatic carbocycles. The third kappa shape index (κ3) is 10.6. The van der Waals surface area contributed by atoms with Gasteiger partial charge in [-0.05, 0) is 80.6 Å². The van der Waals surface area contributed by atoms with Gasteiger partial charge in [0.2, 0.25) is 0 Å². The van der Waals surface area contributed by atoms with Crippen LogP contribution in [0.2, 0.25) is 0 Å². The maximum Gasteiger partial charge on any atom is 0.408 e. The van der Waals surface area contributed by atoms with E-state index in [-0.39, 0.29) is 38.4 Å². The summed E-state index contributed by atoms with van der Waals surface area (Å²) in [5, 5.41) is 17.0. The Hall–Kier alpha value is -4.89. The maximum atomic E-state index is 12.7. The largest absolute Gasteiger partial charge is 0.462 e. The third-order valence-electron chi connectivity index (χ3n) is 7.20. The number of alkyl carbamates (subject to hydrolysis) is 1. The first-order chi connectivity index (χ1) is 22.1. The van der Waals surface area contributed by atoms with E-state index in [1.807, 2.05) is 24.3 Å². The molecule has 2 heterocycles. The molecule has 1 saturated heterocycles. The highest BCUT2D eigenvalue weighted by molar-refractivity contribution is 6.02. The van der Waals surface area contributed by atoms with Crippen LogP contribution < -0.4 is 15.5 Å². The number of ether oxygens (including phenoxy) is 3. The van der Waals surface area contributed by atoms with Crippen LogP contribution in [0.5, 0.6) is 0 Å². The minimum absolute atomic E-state index is 0.0148. The van der Waals surface area contributed by atoms with E-state index in [9.17, 15) is 19.6 Å². The van der Waals surface area contributed by atoms with Crippen LogP contribution in [-0.2, 0) is 30.2 Å². The van der Waals surface area contributed by atoms with Gasteiger partial charge in [0.05, 0.1) is 19.5 Å². The highest BCUT2D eigenvalue weighted by Crippen LogP contribution is 2.26. The number of carbonyl (C=O) groups excluding carboxylic acids is 3. The second-order valence-corrected chi connectivity index (χ2v) is 12.0. The normalized spacial score (nSPS) is 14.3. The molecule has 3 aromatic rings. The predicted octanol–water partition coefficient (Wildman–Crippen LogP) is 4.27. The second-order valence-electron chi connectivity index (χ2n) is 12.0. The van der Waals surface area contributed by atoms with Gasteiger partial charge in [0.25, 0.3) is 5.91 Å². The molecular formula is C34H42N6O6. The van der Waals surface area contributed by atoms with Crippen molar-refractivity contribution in [2.24, 2.45) is 0 Å². The van der Waals surface area contributed by atoms with Crippen LogP contribution in [-0.4, -0.2) is 79.0 Å². The lowest BCUT2D eigenvalue weighted by molar-refractivity contribution is -0.147. The van der Waals surface area contributed by atoms with E-state index in [1.54, 1.807) is 33.0 Å². The number of hydrogen-bond donors (Lipinski definition) is 3. The Kier molecular flexibility index (Phi) is 12.1. The molecule has 1 aliphatic heterocycles. The number of aromatic amines is 1. The molecule has 1 aliphatic rings. The van der Waals surface area contributed by atoms with E-state index in [0.29, 0.717) is 5.69 Å². The number of carbonyl (C=O) groups is 3. The van der Waals surface area contributed by atoms with Gasteiger partial charge in [-0.3, -0.25) is 4.79 Å².